The quantitative estimate of drug-likeness (QED) is 0.443. The summed E-state index contributed by atoms with van der Waals surface area (Å²) < 4.78 is 7.73. The molecule has 2 rings (SSSR count). The first-order valence-corrected chi connectivity index (χ1v) is 7.49. The fourth-order valence-electron chi connectivity index (χ4n) is 1.50. The molecule has 0 aromatic carbocycles. The number of carbonyl (C=O) groups is 2. The molecule has 17 heavy (non-hydrogen) atoms. The third-order valence-corrected chi connectivity index (χ3v) is 4.32. The molecular formula is C10H12IN3O3. The van der Waals surface area contributed by atoms with Crippen molar-refractivity contribution in [2.75, 3.05) is 6.61 Å². The number of nitrogens with one attached hydrogen (secondary N) is 1. The van der Waals surface area contributed by atoms with Gasteiger partial charge in [-0.25, -0.2) is 14.8 Å². The van der Waals surface area contributed by atoms with E-state index >= 15 is 0 Å². The van der Waals surface area contributed by atoms with Gasteiger partial charge in [-0.1, -0.05) is 0 Å². The second-order valence-electron chi connectivity index (χ2n) is 3.35. The number of amides is 1. The van der Waals surface area contributed by atoms with E-state index in [1.54, 1.807) is 18.1 Å². The molecule has 7 heteroatoms. The Bertz CT molecular complexity index is 431. The fraction of sp³-hybridized carbons (Fsp3) is 0.400. The lowest BCUT2D eigenvalue weighted by Crippen LogP contribution is -2.45. The van der Waals surface area contributed by atoms with Crippen LogP contribution in [0.4, 0.5) is 0 Å². The lowest BCUT2D eigenvalue weighted by Gasteiger charge is -2.23. The van der Waals surface area contributed by atoms with Gasteiger partial charge in [-0.15, -0.1) is 0 Å². The average Bonchev–Trinajstić information content (AvgIpc) is 2.73. The summed E-state index contributed by atoms with van der Waals surface area (Å²) in [6.07, 6.45) is 3.66. The molecule has 6 nitrogen and oxygen atoms in total. The summed E-state index contributed by atoms with van der Waals surface area (Å²) in [7, 11) is 0. The van der Waals surface area contributed by atoms with E-state index in [9.17, 15) is 9.59 Å². The first-order chi connectivity index (χ1) is 8.22. The Kier molecular flexibility index (Phi) is 3.87. The van der Waals surface area contributed by atoms with Crippen molar-refractivity contribution in [2.45, 2.75) is 19.4 Å². The summed E-state index contributed by atoms with van der Waals surface area (Å²) in [6.45, 7) is 2.05. The second-order valence-corrected chi connectivity index (χ2v) is 5.66. The summed E-state index contributed by atoms with van der Waals surface area (Å²) in [5.74, 6) is -0.559. The minimum Gasteiger partial charge on any atom is -0.464 e. The molecule has 1 N–H and O–H groups in total. The highest BCUT2D eigenvalue weighted by Crippen LogP contribution is 2.19. The molecule has 0 bridgehead atoms. The zero-order valence-corrected chi connectivity index (χ0v) is 11.4. The number of allylic oxidation sites excluding steroid dienone is 1. The van der Waals surface area contributed by atoms with Gasteiger partial charge in [0.15, 0.2) is 9.88 Å². The van der Waals surface area contributed by atoms with Gasteiger partial charge in [-0.05, 0) is 37.7 Å². The number of nitrogens with zero attached hydrogens (tertiary/aromatic N) is 2. The SMILES string of the molecule is CCOC(=O)C1CC(=O)NN1C1=NC=CC=I1. The summed E-state index contributed by atoms with van der Waals surface area (Å²) in [4.78, 5) is 27.3. The molecule has 0 spiro atoms. The Morgan fingerprint density at radius 2 is 2.59 bits per heavy atom. The Labute approximate surface area is 108 Å². The van der Waals surface area contributed by atoms with Crippen molar-refractivity contribution in [2.24, 2.45) is 4.99 Å². The molecule has 2 heterocycles. The van der Waals surface area contributed by atoms with Gasteiger partial charge in [0.25, 0.3) is 0 Å². The Balaban J connectivity index is 2.17. The van der Waals surface area contributed by atoms with Crippen molar-refractivity contribution >= 4 is 40.5 Å². The number of hydrazine groups is 1. The normalized spacial score (nSPS) is 22.9. The topological polar surface area (TPSA) is 71.0 Å². The van der Waals surface area contributed by atoms with Crippen molar-refractivity contribution in [3.63, 3.8) is 0 Å². The number of hydrogen-bond acceptors (Lipinski definition) is 5. The van der Waals surface area contributed by atoms with Crippen LogP contribution in [0.15, 0.2) is 17.3 Å². The predicted molar refractivity (Wildman–Crippen MR) is 71.7 cm³/mol. The zero-order valence-electron chi connectivity index (χ0n) is 9.22. The predicted octanol–water partition coefficient (Wildman–Crippen LogP) is 0.311. The van der Waals surface area contributed by atoms with Gasteiger partial charge in [0.05, 0.1) is 13.0 Å². The Hall–Kier alpha value is -1.25. The minimum atomic E-state index is -0.583. The van der Waals surface area contributed by atoms with Crippen molar-refractivity contribution in [1.29, 1.82) is 0 Å². The van der Waals surface area contributed by atoms with Crippen LogP contribution in [0, 0.1) is 0 Å². The van der Waals surface area contributed by atoms with Crippen LogP contribution in [-0.2, 0) is 14.3 Å². The molecule has 2 aliphatic heterocycles. The number of amidine groups is 1. The molecular weight excluding hydrogens is 337 g/mol. The third-order valence-electron chi connectivity index (χ3n) is 2.19. The second kappa shape index (κ2) is 5.39. The van der Waals surface area contributed by atoms with E-state index in [-0.39, 0.29) is 18.3 Å². The van der Waals surface area contributed by atoms with E-state index in [0.717, 1.165) is 3.84 Å². The highest BCUT2D eigenvalue weighted by molar-refractivity contribution is 14.2. The van der Waals surface area contributed by atoms with Crippen LogP contribution < -0.4 is 5.43 Å². The highest BCUT2D eigenvalue weighted by Gasteiger charge is 2.38. The molecule has 2 aliphatic rings. The molecule has 0 aromatic heterocycles. The van der Waals surface area contributed by atoms with Crippen LogP contribution in [-0.4, -0.2) is 37.4 Å². The Morgan fingerprint density at radius 1 is 1.76 bits per heavy atom. The molecule has 0 aliphatic carbocycles. The molecule has 1 unspecified atom stereocenters. The maximum absolute atomic E-state index is 11.7. The number of aliphatic imine (C=N–C) groups is 1. The highest BCUT2D eigenvalue weighted by atomic mass is 127. The van der Waals surface area contributed by atoms with Crippen LogP contribution in [0.1, 0.15) is 13.3 Å². The van der Waals surface area contributed by atoms with Gasteiger partial charge >= 0.3 is 5.97 Å². The van der Waals surface area contributed by atoms with E-state index in [1.807, 2.05) is 10.1 Å². The van der Waals surface area contributed by atoms with Crippen LogP contribution >= 0.6 is 20.7 Å². The largest absolute Gasteiger partial charge is 0.464 e. The van der Waals surface area contributed by atoms with Crippen molar-refractivity contribution < 1.29 is 14.3 Å². The van der Waals surface area contributed by atoms with Crippen molar-refractivity contribution in [1.82, 2.24) is 10.4 Å². The van der Waals surface area contributed by atoms with Crippen LogP contribution in [0.25, 0.3) is 0 Å². The maximum Gasteiger partial charge on any atom is 0.331 e. The first kappa shape index (κ1) is 12.2. The minimum absolute atomic E-state index is 0.130. The van der Waals surface area contributed by atoms with Crippen LogP contribution in [0.3, 0.4) is 0 Å². The van der Waals surface area contributed by atoms with Crippen LogP contribution in [0.5, 0.6) is 0 Å². The number of carbonyl (C=O) groups excluding carboxylic acids is 2. The third kappa shape index (κ3) is 2.71. The molecule has 0 aromatic rings. The van der Waals surface area contributed by atoms with E-state index in [1.165, 1.54) is 0 Å². The average molecular weight is 349 g/mol. The lowest BCUT2D eigenvalue weighted by molar-refractivity contribution is -0.147. The number of ether oxygens (including phenoxy) is 1. The van der Waals surface area contributed by atoms with Gasteiger partial charge in [0, 0.05) is 6.20 Å². The molecule has 0 radical (unpaired) electrons. The molecule has 1 fully saturated rings. The van der Waals surface area contributed by atoms with Gasteiger partial charge in [0.1, 0.15) is 0 Å². The van der Waals surface area contributed by atoms with E-state index in [4.69, 9.17) is 4.74 Å². The van der Waals surface area contributed by atoms with E-state index in [0.29, 0.717) is 6.61 Å². The van der Waals surface area contributed by atoms with Gasteiger partial charge in [-0.3, -0.25) is 10.2 Å². The molecule has 1 atom stereocenters. The Morgan fingerprint density at radius 3 is 3.24 bits per heavy atom. The van der Waals surface area contributed by atoms with E-state index < -0.39 is 26.8 Å². The lowest BCUT2D eigenvalue weighted by atomic mass is 10.2. The number of hydrogen-bond donors (Lipinski definition) is 1. The van der Waals surface area contributed by atoms with Crippen molar-refractivity contribution in [3.05, 3.63) is 12.3 Å². The maximum atomic E-state index is 11.7. The zero-order chi connectivity index (χ0) is 12.3. The molecule has 1 amide bonds. The van der Waals surface area contributed by atoms with E-state index in [2.05, 4.69) is 10.4 Å². The summed E-state index contributed by atoms with van der Waals surface area (Å²) in [5.41, 5.74) is 2.65. The fourth-order valence-corrected chi connectivity index (χ4v) is 3.29. The summed E-state index contributed by atoms with van der Waals surface area (Å²) >= 11 is -0.405. The van der Waals surface area contributed by atoms with Gasteiger partial charge < -0.3 is 4.74 Å². The molecule has 92 valence electrons. The number of rotatable bonds is 2. The number of halogens is 1. The van der Waals surface area contributed by atoms with Crippen LogP contribution in [0.2, 0.25) is 0 Å². The molecule has 1 saturated heterocycles. The number of esters is 1. The monoisotopic (exact) mass is 349 g/mol. The smallest absolute Gasteiger partial charge is 0.331 e. The summed E-state index contributed by atoms with van der Waals surface area (Å²) in [6, 6.07) is -0.583. The first-order valence-electron chi connectivity index (χ1n) is 5.17. The van der Waals surface area contributed by atoms with Gasteiger partial charge in [0.2, 0.25) is 5.91 Å². The molecule has 0 saturated carbocycles. The summed E-state index contributed by atoms with van der Waals surface area (Å²) in [5, 5.41) is 1.55. The van der Waals surface area contributed by atoms with Gasteiger partial charge in [-0.2, -0.15) is 0 Å². The van der Waals surface area contributed by atoms with Crippen molar-refractivity contribution in [3.8, 4) is 0 Å². The standard InChI is InChI=1S/C10H12IN3O3/c1-2-17-9(16)7-6-8(15)13-14(7)10-11-4-3-5-12-10/h3-5,7H,2,6H2,1H3,(H,13,15).